The minimum atomic E-state index is 0.497. The van der Waals surface area contributed by atoms with Crippen LogP contribution in [0.1, 0.15) is 36.8 Å². The van der Waals surface area contributed by atoms with Crippen LogP contribution in [-0.4, -0.2) is 26.2 Å². The molecule has 5 nitrogen and oxygen atoms in total. The van der Waals surface area contributed by atoms with Gasteiger partial charge in [-0.05, 0) is 43.0 Å². The standard InChI is InChI=1S/C18H20ClN5/c1-12-6-7-14(19)8-13(12)10-24(15-4-2-3-5-15)18-16-9-22-23-17(16)20-11-21-18/h6-9,11,15H,2-5,10H2,1H3,(H,20,21,22,23). The molecule has 3 aromatic rings. The Labute approximate surface area is 146 Å². The normalized spacial score (nSPS) is 15.2. The maximum absolute atomic E-state index is 6.22. The van der Waals surface area contributed by atoms with Crippen LogP contribution in [0.25, 0.3) is 11.0 Å². The van der Waals surface area contributed by atoms with E-state index in [1.807, 2.05) is 12.3 Å². The second-order valence-corrected chi connectivity index (χ2v) is 6.90. The summed E-state index contributed by atoms with van der Waals surface area (Å²) >= 11 is 6.22. The van der Waals surface area contributed by atoms with Crippen LogP contribution in [0.3, 0.4) is 0 Å². The van der Waals surface area contributed by atoms with Crippen molar-refractivity contribution >= 4 is 28.5 Å². The van der Waals surface area contributed by atoms with Crippen molar-refractivity contribution in [1.82, 2.24) is 20.2 Å². The molecule has 0 radical (unpaired) electrons. The van der Waals surface area contributed by atoms with Gasteiger partial charge in [0.1, 0.15) is 12.1 Å². The number of rotatable bonds is 4. The molecular weight excluding hydrogens is 322 g/mol. The molecule has 1 fully saturated rings. The second kappa shape index (κ2) is 6.40. The molecule has 124 valence electrons. The Balaban J connectivity index is 1.77. The largest absolute Gasteiger partial charge is 0.349 e. The number of aromatic amines is 1. The molecule has 2 aromatic heterocycles. The van der Waals surface area contributed by atoms with Gasteiger partial charge in [-0.1, -0.05) is 30.5 Å². The SMILES string of the molecule is Cc1ccc(Cl)cc1CN(c1ncnc2[nH]ncc12)C1CCCC1. The fourth-order valence-electron chi connectivity index (χ4n) is 3.57. The zero-order chi connectivity index (χ0) is 16.5. The first-order chi connectivity index (χ1) is 11.7. The number of anilines is 1. The highest BCUT2D eigenvalue weighted by atomic mass is 35.5. The van der Waals surface area contributed by atoms with Crippen molar-refractivity contribution in [3.8, 4) is 0 Å². The topological polar surface area (TPSA) is 57.7 Å². The highest BCUT2D eigenvalue weighted by molar-refractivity contribution is 6.30. The average Bonchev–Trinajstić information content (AvgIpc) is 3.26. The van der Waals surface area contributed by atoms with Crippen LogP contribution in [0.5, 0.6) is 0 Å². The summed E-state index contributed by atoms with van der Waals surface area (Å²) in [6.07, 6.45) is 8.37. The van der Waals surface area contributed by atoms with Crippen molar-refractivity contribution in [2.45, 2.75) is 45.2 Å². The first kappa shape index (κ1) is 15.4. The summed E-state index contributed by atoms with van der Waals surface area (Å²) in [4.78, 5) is 11.3. The molecule has 0 amide bonds. The summed E-state index contributed by atoms with van der Waals surface area (Å²) in [5, 5.41) is 8.83. The van der Waals surface area contributed by atoms with E-state index in [2.05, 4.69) is 44.1 Å². The molecule has 1 aliphatic rings. The molecular formula is C18H20ClN5. The monoisotopic (exact) mass is 341 g/mol. The average molecular weight is 342 g/mol. The number of halogens is 1. The van der Waals surface area contributed by atoms with Crippen molar-refractivity contribution in [2.75, 3.05) is 4.90 Å². The van der Waals surface area contributed by atoms with Gasteiger partial charge in [0.15, 0.2) is 5.65 Å². The molecule has 0 unspecified atom stereocenters. The molecule has 0 aliphatic heterocycles. The van der Waals surface area contributed by atoms with Gasteiger partial charge in [0.05, 0.1) is 11.6 Å². The lowest BCUT2D eigenvalue weighted by molar-refractivity contribution is 0.598. The van der Waals surface area contributed by atoms with E-state index in [9.17, 15) is 0 Å². The number of H-pyrrole nitrogens is 1. The van der Waals surface area contributed by atoms with E-state index in [1.54, 1.807) is 6.33 Å². The zero-order valence-corrected chi connectivity index (χ0v) is 14.4. The molecule has 1 aromatic carbocycles. The molecule has 0 saturated heterocycles. The van der Waals surface area contributed by atoms with Crippen LogP contribution in [0.15, 0.2) is 30.7 Å². The molecule has 1 N–H and O–H groups in total. The highest BCUT2D eigenvalue weighted by Gasteiger charge is 2.26. The van der Waals surface area contributed by atoms with E-state index in [0.29, 0.717) is 6.04 Å². The van der Waals surface area contributed by atoms with Crippen LogP contribution < -0.4 is 4.90 Å². The number of nitrogens with zero attached hydrogens (tertiary/aromatic N) is 4. The van der Waals surface area contributed by atoms with E-state index < -0.39 is 0 Å². The quantitative estimate of drug-likeness (QED) is 0.770. The molecule has 0 bridgehead atoms. The van der Waals surface area contributed by atoms with Crippen molar-refractivity contribution in [2.24, 2.45) is 0 Å². The van der Waals surface area contributed by atoms with Gasteiger partial charge in [-0.2, -0.15) is 5.10 Å². The van der Waals surface area contributed by atoms with Gasteiger partial charge >= 0.3 is 0 Å². The molecule has 6 heteroatoms. The van der Waals surface area contributed by atoms with Gasteiger partial charge in [-0.3, -0.25) is 5.10 Å². The number of aromatic nitrogens is 4. The fourth-order valence-corrected chi connectivity index (χ4v) is 3.76. The number of benzene rings is 1. The number of fused-ring (bicyclic) bond motifs is 1. The Bertz CT molecular complexity index is 853. The number of nitrogens with one attached hydrogen (secondary N) is 1. The van der Waals surface area contributed by atoms with Gasteiger partial charge in [0.2, 0.25) is 0 Å². The molecule has 1 aliphatic carbocycles. The Morgan fingerprint density at radius 1 is 1.25 bits per heavy atom. The maximum atomic E-state index is 6.22. The highest BCUT2D eigenvalue weighted by Crippen LogP contribution is 2.32. The summed E-state index contributed by atoms with van der Waals surface area (Å²) in [5.74, 6) is 0.958. The predicted molar refractivity (Wildman–Crippen MR) is 96.3 cm³/mol. The first-order valence-electron chi connectivity index (χ1n) is 8.38. The molecule has 24 heavy (non-hydrogen) atoms. The third-order valence-electron chi connectivity index (χ3n) is 4.92. The lowest BCUT2D eigenvalue weighted by Gasteiger charge is -2.31. The summed E-state index contributed by atoms with van der Waals surface area (Å²) < 4.78 is 0. The number of aryl methyl sites for hydroxylation is 1. The van der Waals surface area contributed by atoms with E-state index in [-0.39, 0.29) is 0 Å². The van der Waals surface area contributed by atoms with Crippen molar-refractivity contribution in [1.29, 1.82) is 0 Å². The zero-order valence-electron chi connectivity index (χ0n) is 13.7. The molecule has 0 spiro atoms. The molecule has 1 saturated carbocycles. The Kier molecular flexibility index (Phi) is 4.10. The van der Waals surface area contributed by atoms with Crippen molar-refractivity contribution in [3.05, 3.63) is 46.9 Å². The van der Waals surface area contributed by atoms with Crippen LogP contribution in [-0.2, 0) is 6.54 Å². The van der Waals surface area contributed by atoms with Crippen molar-refractivity contribution < 1.29 is 0 Å². The molecule has 0 atom stereocenters. The summed E-state index contributed by atoms with van der Waals surface area (Å²) in [6, 6.07) is 6.58. The first-order valence-corrected chi connectivity index (χ1v) is 8.76. The van der Waals surface area contributed by atoms with Crippen LogP contribution in [0.4, 0.5) is 5.82 Å². The summed E-state index contributed by atoms with van der Waals surface area (Å²) in [5.41, 5.74) is 3.27. The molecule has 2 heterocycles. The lowest BCUT2D eigenvalue weighted by Crippen LogP contribution is -2.33. The maximum Gasteiger partial charge on any atom is 0.160 e. The second-order valence-electron chi connectivity index (χ2n) is 6.47. The number of hydrogen-bond donors (Lipinski definition) is 1. The van der Waals surface area contributed by atoms with Crippen LogP contribution in [0, 0.1) is 6.92 Å². The van der Waals surface area contributed by atoms with E-state index in [1.165, 1.54) is 36.8 Å². The minimum Gasteiger partial charge on any atom is -0.349 e. The Morgan fingerprint density at radius 2 is 2.08 bits per heavy atom. The van der Waals surface area contributed by atoms with E-state index in [0.717, 1.165) is 28.4 Å². The van der Waals surface area contributed by atoms with Crippen molar-refractivity contribution in [3.63, 3.8) is 0 Å². The van der Waals surface area contributed by atoms with Gasteiger partial charge in [0.25, 0.3) is 0 Å². The third-order valence-corrected chi connectivity index (χ3v) is 5.15. The van der Waals surface area contributed by atoms with Gasteiger partial charge in [-0.15, -0.1) is 0 Å². The summed E-state index contributed by atoms with van der Waals surface area (Å²) in [7, 11) is 0. The lowest BCUT2D eigenvalue weighted by atomic mass is 10.1. The fraction of sp³-hybridized carbons (Fsp3) is 0.389. The number of hydrogen-bond acceptors (Lipinski definition) is 4. The van der Waals surface area contributed by atoms with Gasteiger partial charge in [-0.25, -0.2) is 9.97 Å². The van der Waals surface area contributed by atoms with E-state index in [4.69, 9.17) is 11.6 Å². The minimum absolute atomic E-state index is 0.497. The van der Waals surface area contributed by atoms with Gasteiger partial charge in [0, 0.05) is 17.6 Å². The predicted octanol–water partition coefficient (Wildman–Crippen LogP) is 4.26. The van der Waals surface area contributed by atoms with Gasteiger partial charge < -0.3 is 4.90 Å². The Morgan fingerprint density at radius 3 is 2.92 bits per heavy atom. The van der Waals surface area contributed by atoms with Crippen LogP contribution >= 0.6 is 11.6 Å². The Hall–Kier alpha value is -2.14. The smallest absolute Gasteiger partial charge is 0.160 e. The summed E-state index contributed by atoms with van der Waals surface area (Å²) in [6.45, 7) is 2.93. The molecule has 4 rings (SSSR count). The third kappa shape index (κ3) is 2.84. The van der Waals surface area contributed by atoms with E-state index >= 15 is 0 Å². The van der Waals surface area contributed by atoms with Crippen LogP contribution in [0.2, 0.25) is 5.02 Å².